The fraction of sp³-hybridized carbons (Fsp3) is 0.233. The third kappa shape index (κ3) is 6.49. The molecule has 0 unspecified atom stereocenters. The van der Waals surface area contributed by atoms with Gasteiger partial charge in [-0.2, -0.15) is 0 Å². The highest BCUT2D eigenvalue weighted by molar-refractivity contribution is 7.92. The summed E-state index contributed by atoms with van der Waals surface area (Å²) in [6, 6.07) is 9.35. The smallest absolute Gasteiger partial charge is 0.264 e. The minimum absolute atomic E-state index is 0.0977. The van der Waals surface area contributed by atoms with Crippen LogP contribution in [0.1, 0.15) is 6.92 Å². The van der Waals surface area contributed by atoms with Crippen LogP contribution in [-0.2, 0) is 19.6 Å². The summed E-state index contributed by atoms with van der Waals surface area (Å²) in [6.07, 6.45) is 5.60. The average Bonchev–Trinajstić information content (AvgIpc) is 2.98. The van der Waals surface area contributed by atoms with E-state index in [0.29, 0.717) is 54.7 Å². The third-order valence-electron chi connectivity index (χ3n) is 7.02. The lowest BCUT2D eigenvalue weighted by Gasteiger charge is -2.35. The maximum atomic E-state index is 14.4. The lowest BCUT2D eigenvalue weighted by Crippen LogP contribution is -2.48. The van der Waals surface area contributed by atoms with Crippen LogP contribution in [0.25, 0.3) is 22.0 Å². The Balaban J connectivity index is 1.46. The molecule has 4 aromatic rings. The lowest BCUT2D eigenvalue weighted by molar-refractivity contribution is -0.126. The number of halogens is 2. The first kappa shape index (κ1) is 30.5. The zero-order valence-electron chi connectivity index (χ0n) is 24.2. The number of aromatic nitrogens is 3. The zero-order valence-corrected chi connectivity index (χ0v) is 25.0. The summed E-state index contributed by atoms with van der Waals surface area (Å²) < 4.78 is 56.4. The van der Waals surface area contributed by atoms with Gasteiger partial charge < -0.3 is 14.7 Å². The molecule has 1 saturated heterocycles. The van der Waals surface area contributed by atoms with Gasteiger partial charge >= 0.3 is 0 Å². The van der Waals surface area contributed by atoms with Crippen molar-refractivity contribution in [2.45, 2.75) is 11.8 Å². The number of hydrogen-bond acceptors (Lipinski definition) is 9. The zero-order chi connectivity index (χ0) is 31.6. The predicted octanol–water partition coefficient (Wildman–Crippen LogP) is 3.63. The van der Waals surface area contributed by atoms with Gasteiger partial charge in [-0.15, -0.1) is 0 Å². The number of nitrogens with one attached hydrogen (secondary N) is 1. The molecular formula is C30H29F2N7O4S. The number of carbonyl (C=O) groups excluding carboxylic acids is 2. The molecular weight excluding hydrogens is 592 g/mol. The second kappa shape index (κ2) is 12.3. The van der Waals surface area contributed by atoms with Gasteiger partial charge in [0, 0.05) is 69.6 Å². The Morgan fingerprint density at radius 2 is 1.68 bits per heavy atom. The van der Waals surface area contributed by atoms with Crippen molar-refractivity contribution in [3.05, 3.63) is 78.8 Å². The number of allylic oxidation sites excluding steroid dienone is 1. The normalized spacial score (nSPS) is 13.8. The first-order valence-corrected chi connectivity index (χ1v) is 15.0. The summed E-state index contributed by atoms with van der Waals surface area (Å²) in [4.78, 5) is 41.6. The van der Waals surface area contributed by atoms with Gasteiger partial charge in [-0.1, -0.05) is 6.07 Å². The molecule has 1 aliphatic rings. The standard InChI is InChI=1S/C30H29F2N7O4S/c1-19(40)4-9-28(41)38-10-12-39(13-11-38)29-23-14-20(5-7-25(23)34-18-35-29)21-15-26(30(33-17-21)37(2)3)36-44(42,43)27-8-6-22(31)16-24(27)32/h4-9,14-18,36H,10-13H2,1-3H3/b9-4+. The van der Waals surface area contributed by atoms with Crippen LogP contribution in [-0.4, -0.2) is 80.2 Å². The molecule has 1 amide bonds. The van der Waals surface area contributed by atoms with Crippen LogP contribution in [0.2, 0.25) is 0 Å². The van der Waals surface area contributed by atoms with E-state index in [1.807, 2.05) is 18.2 Å². The summed E-state index contributed by atoms with van der Waals surface area (Å²) in [5.41, 5.74) is 2.05. The van der Waals surface area contributed by atoms with Gasteiger partial charge in [0.2, 0.25) is 5.91 Å². The molecule has 1 aliphatic heterocycles. The van der Waals surface area contributed by atoms with Crippen LogP contribution in [0, 0.1) is 11.6 Å². The number of rotatable bonds is 8. The number of hydrogen-bond donors (Lipinski definition) is 1. The van der Waals surface area contributed by atoms with Crippen LogP contribution < -0.4 is 14.5 Å². The first-order valence-electron chi connectivity index (χ1n) is 13.6. The Kier molecular flexibility index (Phi) is 8.54. The van der Waals surface area contributed by atoms with Crippen LogP contribution in [0.3, 0.4) is 0 Å². The molecule has 2 aromatic carbocycles. The Morgan fingerprint density at radius 3 is 2.36 bits per heavy atom. The number of amides is 1. The van der Waals surface area contributed by atoms with E-state index >= 15 is 0 Å². The van der Waals surface area contributed by atoms with Gasteiger partial charge in [0.05, 0.1) is 11.2 Å². The molecule has 14 heteroatoms. The molecule has 228 valence electrons. The van der Waals surface area contributed by atoms with Gasteiger partial charge in [-0.25, -0.2) is 32.2 Å². The molecule has 0 bridgehead atoms. The highest BCUT2D eigenvalue weighted by atomic mass is 32.2. The van der Waals surface area contributed by atoms with E-state index in [0.717, 1.165) is 17.5 Å². The number of nitrogens with zero attached hydrogens (tertiary/aromatic N) is 6. The van der Waals surface area contributed by atoms with E-state index in [1.54, 1.807) is 36.2 Å². The predicted molar refractivity (Wildman–Crippen MR) is 163 cm³/mol. The second-order valence-electron chi connectivity index (χ2n) is 10.4. The molecule has 11 nitrogen and oxygen atoms in total. The van der Waals surface area contributed by atoms with Crippen molar-refractivity contribution in [3.8, 4) is 11.1 Å². The maximum Gasteiger partial charge on any atom is 0.264 e. The van der Waals surface area contributed by atoms with Crippen molar-refractivity contribution in [3.63, 3.8) is 0 Å². The van der Waals surface area contributed by atoms with Gasteiger partial charge in [-0.3, -0.25) is 14.3 Å². The minimum Gasteiger partial charge on any atom is -0.361 e. The van der Waals surface area contributed by atoms with E-state index in [4.69, 9.17) is 0 Å². The van der Waals surface area contributed by atoms with E-state index in [1.165, 1.54) is 25.4 Å². The lowest BCUT2D eigenvalue weighted by atomic mass is 10.0. The Bertz CT molecular complexity index is 1890. The molecule has 0 saturated carbocycles. The summed E-state index contributed by atoms with van der Waals surface area (Å²) in [5.74, 6) is -1.57. The van der Waals surface area contributed by atoms with Crippen LogP contribution in [0.4, 0.5) is 26.1 Å². The van der Waals surface area contributed by atoms with Crippen molar-refractivity contribution < 1.29 is 26.8 Å². The van der Waals surface area contributed by atoms with Crippen LogP contribution in [0.5, 0.6) is 0 Å². The first-order chi connectivity index (χ1) is 20.9. The van der Waals surface area contributed by atoms with Gasteiger partial charge in [0.25, 0.3) is 10.0 Å². The molecule has 0 spiro atoms. The molecule has 5 rings (SSSR count). The number of fused-ring (bicyclic) bond motifs is 1. The molecule has 0 atom stereocenters. The number of piperazine rings is 1. The molecule has 0 aliphatic carbocycles. The van der Waals surface area contributed by atoms with Crippen LogP contribution in [0.15, 0.2) is 72.0 Å². The second-order valence-corrected chi connectivity index (χ2v) is 12.0. The summed E-state index contributed by atoms with van der Waals surface area (Å²) in [7, 11) is -1.05. The highest BCUT2D eigenvalue weighted by Gasteiger charge is 2.24. The molecule has 3 heterocycles. The summed E-state index contributed by atoms with van der Waals surface area (Å²) >= 11 is 0. The fourth-order valence-corrected chi connectivity index (χ4v) is 5.96. The number of sulfonamides is 1. The van der Waals surface area contributed by atoms with E-state index in [-0.39, 0.29) is 23.2 Å². The van der Waals surface area contributed by atoms with Crippen molar-refractivity contribution in [2.75, 3.05) is 54.8 Å². The van der Waals surface area contributed by atoms with E-state index in [9.17, 15) is 26.8 Å². The maximum absolute atomic E-state index is 14.4. The van der Waals surface area contributed by atoms with E-state index in [2.05, 4.69) is 24.6 Å². The Morgan fingerprint density at radius 1 is 0.932 bits per heavy atom. The average molecular weight is 622 g/mol. The number of carbonyl (C=O) groups is 2. The minimum atomic E-state index is -4.42. The molecule has 0 radical (unpaired) electrons. The van der Waals surface area contributed by atoms with E-state index < -0.39 is 26.6 Å². The van der Waals surface area contributed by atoms with Gasteiger partial charge in [-0.05, 0) is 48.9 Å². The summed E-state index contributed by atoms with van der Waals surface area (Å²) in [6.45, 7) is 3.31. The van der Waals surface area contributed by atoms with Crippen molar-refractivity contribution in [1.29, 1.82) is 0 Å². The molecule has 44 heavy (non-hydrogen) atoms. The third-order valence-corrected chi connectivity index (χ3v) is 8.42. The quantitative estimate of drug-likeness (QED) is 0.293. The van der Waals surface area contributed by atoms with Crippen molar-refractivity contribution >= 4 is 49.9 Å². The van der Waals surface area contributed by atoms with Crippen LogP contribution >= 0.6 is 0 Å². The number of pyridine rings is 1. The van der Waals surface area contributed by atoms with Crippen molar-refractivity contribution in [2.24, 2.45) is 0 Å². The number of benzene rings is 2. The Labute approximate surface area is 252 Å². The SMILES string of the molecule is CC(=O)/C=C/C(=O)N1CCN(c2ncnc3ccc(-c4cnc(N(C)C)c(NS(=O)(=O)c5ccc(F)cc5F)c4)cc23)CC1. The largest absolute Gasteiger partial charge is 0.361 e. The molecule has 2 aromatic heterocycles. The van der Waals surface area contributed by atoms with Gasteiger partial charge in [0.1, 0.15) is 28.7 Å². The molecule has 1 N–H and O–H groups in total. The number of ketones is 1. The van der Waals surface area contributed by atoms with Crippen molar-refractivity contribution in [1.82, 2.24) is 19.9 Å². The number of anilines is 3. The topological polar surface area (TPSA) is 129 Å². The van der Waals surface area contributed by atoms with Gasteiger partial charge in [0.15, 0.2) is 11.6 Å². The highest BCUT2D eigenvalue weighted by Crippen LogP contribution is 2.33. The summed E-state index contributed by atoms with van der Waals surface area (Å²) in [5, 5.41) is 0.744. The monoisotopic (exact) mass is 621 g/mol. The molecule has 1 fully saturated rings. The fourth-order valence-electron chi connectivity index (χ4n) is 4.85. The Hall–Kier alpha value is -4.98.